The van der Waals surface area contributed by atoms with Crippen LogP contribution in [0.2, 0.25) is 0 Å². The average molecular weight is 397 g/mol. The van der Waals surface area contributed by atoms with Gasteiger partial charge < -0.3 is 0 Å². The monoisotopic (exact) mass is 397 g/mol. The third-order valence-corrected chi connectivity index (χ3v) is 8.34. The van der Waals surface area contributed by atoms with Gasteiger partial charge in [0.05, 0.1) is 0 Å². The van der Waals surface area contributed by atoms with Crippen LogP contribution in [0, 0.1) is 17.8 Å². The average Bonchev–Trinajstić information content (AvgIpc) is 2.89. The molecule has 1 aromatic heterocycles. The molecule has 1 saturated carbocycles. The fraction of sp³-hybridized carbons (Fsp3) is 0.800. The maximum atomic E-state index is 12.5. The Morgan fingerprint density at radius 1 is 1.33 bits per heavy atom. The number of aromatic nitrogens is 2. The molecule has 1 aromatic rings. The van der Waals surface area contributed by atoms with Crippen LogP contribution in [-0.4, -0.2) is 20.8 Å². The summed E-state index contributed by atoms with van der Waals surface area (Å²) in [7, 11) is -1.69. The van der Waals surface area contributed by atoms with Crippen molar-refractivity contribution in [1.82, 2.24) is 9.55 Å². The largest absolute Gasteiger partial charge is 0.511 e. The van der Waals surface area contributed by atoms with E-state index in [1.54, 1.807) is 10.8 Å². The van der Waals surface area contributed by atoms with Crippen LogP contribution in [0.5, 0.6) is 0 Å². The summed E-state index contributed by atoms with van der Waals surface area (Å²) >= 11 is 0. The highest BCUT2D eigenvalue weighted by Gasteiger charge is 2.45. The van der Waals surface area contributed by atoms with E-state index in [-0.39, 0.29) is 22.9 Å². The van der Waals surface area contributed by atoms with Crippen molar-refractivity contribution in [3.8, 4) is 0 Å². The minimum Gasteiger partial charge on any atom is -0.297 e. The summed E-state index contributed by atoms with van der Waals surface area (Å²) in [4.78, 5) is 25.9. The van der Waals surface area contributed by atoms with Crippen LogP contribution in [0.1, 0.15) is 73.3 Å². The fourth-order valence-corrected chi connectivity index (χ4v) is 5.22. The Bertz CT molecular complexity index is 774. The molecule has 0 aromatic carbocycles. The highest BCUT2D eigenvalue weighted by Crippen LogP contribution is 2.49. The van der Waals surface area contributed by atoms with Crippen molar-refractivity contribution in [3.63, 3.8) is 0 Å². The van der Waals surface area contributed by atoms with Gasteiger partial charge in [-0.2, -0.15) is 0 Å². The third-order valence-electron chi connectivity index (χ3n) is 6.64. The molecule has 1 N–H and O–H groups in total. The van der Waals surface area contributed by atoms with Crippen LogP contribution in [0.25, 0.3) is 0 Å². The number of hydrogen-bond donors (Lipinski definition) is 1. The van der Waals surface area contributed by atoms with Crippen molar-refractivity contribution in [2.24, 2.45) is 17.8 Å². The molecule has 7 heteroatoms. The van der Waals surface area contributed by atoms with Crippen LogP contribution in [0.4, 0.5) is 0 Å². The van der Waals surface area contributed by atoms with Gasteiger partial charge in [-0.05, 0) is 61.8 Å². The molecule has 0 spiro atoms. The zero-order chi connectivity index (χ0) is 20.4. The molecule has 0 aliphatic heterocycles. The van der Waals surface area contributed by atoms with E-state index in [0.29, 0.717) is 17.8 Å². The molecule has 4 unspecified atom stereocenters. The lowest BCUT2D eigenvalue weighted by molar-refractivity contribution is 0.0562. The molecule has 27 heavy (non-hydrogen) atoms. The maximum absolute atomic E-state index is 12.5. The standard InChI is InChI=1S/C20H33N2O4P/c1-7-13(3)27(25)26-20(6,8-2)12-16-11-17(15(5)14(16)4)22-10-9-18(23)21-19(22)24/h9-10,13-17H,7-8,11-12H2,1-6H3/p+1/t13?,14-,15+,16+,17?,20?/m0/s1. The van der Waals surface area contributed by atoms with Crippen LogP contribution in [0.3, 0.4) is 0 Å². The third kappa shape index (κ3) is 4.97. The number of nitrogens with zero attached hydrogens (tertiary/aromatic N) is 1. The van der Waals surface area contributed by atoms with Crippen molar-refractivity contribution < 1.29 is 9.09 Å². The van der Waals surface area contributed by atoms with Gasteiger partial charge in [0.1, 0.15) is 5.60 Å². The lowest BCUT2D eigenvalue weighted by Gasteiger charge is -2.28. The van der Waals surface area contributed by atoms with Gasteiger partial charge in [0.25, 0.3) is 5.56 Å². The number of rotatable bonds is 8. The molecule has 0 amide bonds. The normalized spacial score (nSPS) is 29.3. The Morgan fingerprint density at radius 3 is 2.56 bits per heavy atom. The molecule has 1 aliphatic carbocycles. The molecule has 1 heterocycles. The summed E-state index contributed by atoms with van der Waals surface area (Å²) in [5.74, 6) is 1.09. The van der Waals surface area contributed by atoms with E-state index in [0.717, 1.165) is 25.7 Å². The lowest BCUT2D eigenvalue weighted by atomic mass is 9.83. The SMILES string of the molecule is CCC(C)[P+](=O)OC(C)(CC)C[C@H]1CC(n2ccc(=O)[nH]c2=O)[C@H](C)[C@@H]1C. The van der Waals surface area contributed by atoms with Crippen LogP contribution >= 0.6 is 8.03 Å². The Hall–Kier alpha value is -1.26. The second-order valence-corrected chi connectivity index (χ2v) is 10.1. The number of hydrogen-bond acceptors (Lipinski definition) is 4. The zero-order valence-corrected chi connectivity index (χ0v) is 18.3. The van der Waals surface area contributed by atoms with E-state index in [1.165, 1.54) is 6.07 Å². The Kier molecular flexibility index (Phi) is 7.20. The van der Waals surface area contributed by atoms with Crippen molar-refractivity contribution >= 4 is 8.03 Å². The van der Waals surface area contributed by atoms with Gasteiger partial charge in [-0.25, -0.2) is 4.79 Å². The fourth-order valence-electron chi connectivity index (χ4n) is 4.10. The van der Waals surface area contributed by atoms with E-state index in [9.17, 15) is 14.2 Å². The van der Waals surface area contributed by atoms with Gasteiger partial charge in [-0.15, -0.1) is 4.52 Å². The first-order valence-electron chi connectivity index (χ1n) is 10.1. The molecule has 0 saturated heterocycles. The number of nitrogens with one attached hydrogen (secondary N) is 1. The van der Waals surface area contributed by atoms with Crippen molar-refractivity contribution in [3.05, 3.63) is 33.1 Å². The van der Waals surface area contributed by atoms with Gasteiger partial charge in [0.2, 0.25) is 0 Å². The predicted octanol–water partition coefficient (Wildman–Crippen LogP) is 4.49. The van der Waals surface area contributed by atoms with Crippen LogP contribution in [-0.2, 0) is 9.09 Å². The van der Waals surface area contributed by atoms with E-state index in [1.807, 2.05) is 13.8 Å². The molecule has 0 bridgehead atoms. The first-order chi connectivity index (χ1) is 12.6. The molecule has 0 radical (unpaired) electrons. The molecule has 6 nitrogen and oxygen atoms in total. The molecule has 1 aliphatic rings. The predicted molar refractivity (Wildman–Crippen MR) is 109 cm³/mol. The summed E-state index contributed by atoms with van der Waals surface area (Å²) in [5.41, 5.74) is -1.09. The van der Waals surface area contributed by atoms with E-state index < -0.39 is 13.6 Å². The minimum absolute atomic E-state index is 0.0540. The molecule has 1 fully saturated rings. The van der Waals surface area contributed by atoms with Gasteiger partial charge >= 0.3 is 13.7 Å². The molecular formula is C20H34N2O4P+. The van der Waals surface area contributed by atoms with Crippen LogP contribution < -0.4 is 11.2 Å². The van der Waals surface area contributed by atoms with Crippen molar-refractivity contribution in [2.75, 3.05) is 0 Å². The summed E-state index contributed by atoms with van der Waals surface area (Å²) in [6.45, 7) is 12.5. The smallest absolute Gasteiger partial charge is 0.297 e. The maximum Gasteiger partial charge on any atom is 0.511 e. The first-order valence-corrected chi connectivity index (χ1v) is 11.3. The molecule has 152 valence electrons. The summed E-state index contributed by atoms with van der Waals surface area (Å²) in [6.07, 6.45) is 4.91. The summed E-state index contributed by atoms with van der Waals surface area (Å²) in [6, 6.07) is 1.46. The van der Waals surface area contributed by atoms with E-state index in [2.05, 4.69) is 32.7 Å². The quantitative estimate of drug-likeness (QED) is 0.656. The number of aromatic amines is 1. The minimum atomic E-state index is -1.69. The van der Waals surface area contributed by atoms with Gasteiger partial charge in [0, 0.05) is 18.3 Å². The zero-order valence-electron chi connectivity index (χ0n) is 17.4. The lowest BCUT2D eigenvalue weighted by Crippen LogP contribution is -2.32. The highest BCUT2D eigenvalue weighted by molar-refractivity contribution is 7.40. The Balaban J connectivity index is 2.17. The summed E-state index contributed by atoms with van der Waals surface area (Å²) in [5, 5.41) is 0. The molecule has 7 atom stereocenters. The molecule has 2 rings (SSSR count). The Morgan fingerprint density at radius 2 is 2.00 bits per heavy atom. The topological polar surface area (TPSA) is 81.2 Å². The first kappa shape index (κ1) is 22.0. The highest BCUT2D eigenvalue weighted by atomic mass is 31.1. The second-order valence-electron chi connectivity index (χ2n) is 8.44. The Labute approximate surface area is 162 Å². The summed E-state index contributed by atoms with van der Waals surface area (Å²) < 4.78 is 20.2. The number of H-pyrrole nitrogens is 1. The van der Waals surface area contributed by atoms with Crippen molar-refractivity contribution in [1.29, 1.82) is 0 Å². The van der Waals surface area contributed by atoms with Gasteiger partial charge in [0.15, 0.2) is 5.66 Å². The van der Waals surface area contributed by atoms with E-state index in [4.69, 9.17) is 4.52 Å². The van der Waals surface area contributed by atoms with Crippen LogP contribution in [0.15, 0.2) is 21.9 Å². The second kappa shape index (κ2) is 8.83. The van der Waals surface area contributed by atoms with Crippen molar-refractivity contribution in [2.45, 2.75) is 84.5 Å². The van der Waals surface area contributed by atoms with Gasteiger partial charge in [-0.1, -0.05) is 27.7 Å². The molecular weight excluding hydrogens is 363 g/mol. The van der Waals surface area contributed by atoms with E-state index >= 15 is 0 Å². The van der Waals surface area contributed by atoms with Gasteiger partial charge in [-0.3, -0.25) is 14.3 Å².